The van der Waals surface area contributed by atoms with Crippen molar-refractivity contribution in [1.29, 1.82) is 0 Å². The van der Waals surface area contributed by atoms with E-state index in [0.717, 1.165) is 18.6 Å². The first-order chi connectivity index (χ1) is 10.2. The number of furan rings is 1. The standard InChI is InChI=1S/C17H15ClO3/c18-13-3-5-14(6-4-13)20-11-16-8-7-15(21-16)9-10-17(19)12-1-2-12/h3-10,12H,1-2,11H2/b10-9+. The number of benzene rings is 1. The van der Waals surface area contributed by atoms with Gasteiger partial charge < -0.3 is 9.15 Å². The Kier molecular flexibility index (Phi) is 4.11. The Labute approximate surface area is 128 Å². The summed E-state index contributed by atoms with van der Waals surface area (Å²) in [6.07, 6.45) is 5.34. The molecule has 0 unspecified atom stereocenters. The summed E-state index contributed by atoms with van der Waals surface area (Å²) in [7, 11) is 0. The zero-order chi connectivity index (χ0) is 14.7. The van der Waals surface area contributed by atoms with E-state index in [-0.39, 0.29) is 11.7 Å². The third-order valence-corrected chi connectivity index (χ3v) is 3.52. The first-order valence-electron chi connectivity index (χ1n) is 6.90. The number of hydrogen-bond acceptors (Lipinski definition) is 3. The van der Waals surface area contributed by atoms with Crippen LogP contribution in [0.1, 0.15) is 24.4 Å². The Morgan fingerprint density at radius 1 is 1.24 bits per heavy atom. The zero-order valence-electron chi connectivity index (χ0n) is 11.4. The lowest BCUT2D eigenvalue weighted by Gasteiger charge is -2.03. The number of allylic oxidation sites excluding steroid dienone is 1. The number of rotatable bonds is 6. The van der Waals surface area contributed by atoms with Gasteiger partial charge in [-0.3, -0.25) is 4.79 Å². The van der Waals surface area contributed by atoms with Gasteiger partial charge >= 0.3 is 0 Å². The molecule has 21 heavy (non-hydrogen) atoms. The Morgan fingerprint density at radius 2 is 2.00 bits per heavy atom. The molecule has 1 aromatic carbocycles. The lowest BCUT2D eigenvalue weighted by atomic mass is 10.2. The minimum absolute atomic E-state index is 0.186. The number of hydrogen-bond donors (Lipinski definition) is 0. The van der Waals surface area contributed by atoms with E-state index in [2.05, 4.69) is 0 Å². The minimum atomic E-state index is 0.186. The fourth-order valence-electron chi connectivity index (χ4n) is 1.92. The van der Waals surface area contributed by atoms with Gasteiger partial charge in [-0.2, -0.15) is 0 Å². The number of ketones is 1. The van der Waals surface area contributed by atoms with Crippen LogP contribution in [0.5, 0.6) is 5.75 Å². The summed E-state index contributed by atoms with van der Waals surface area (Å²) in [6, 6.07) is 10.8. The normalized spacial score (nSPS) is 14.5. The predicted octanol–water partition coefficient (Wildman–Crippen LogP) is 4.50. The summed E-state index contributed by atoms with van der Waals surface area (Å²) in [5, 5.41) is 0.674. The van der Waals surface area contributed by atoms with Crippen LogP contribution in [0.25, 0.3) is 6.08 Å². The fourth-order valence-corrected chi connectivity index (χ4v) is 2.04. The highest BCUT2D eigenvalue weighted by atomic mass is 35.5. The van der Waals surface area contributed by atoms with Gasteiger partial charge in [-0.05, 0) is 61.4 Å². The van der Waals surface area contributed by atoms with Gasteiger partial charge in [-0.1, -0.05) is 11.6 Å². The van der Waals surface area contributed by atoms with E-state index in [9.17, 15) is 4.79 Å². The predicted molar refractivity (Wildman–Crippen MR) is 81.3 cm³/mol. The van der Waals surface area contributed by atoms with Crippen LogP contribution in [0.3, 0.4) is 0 Å². The molecule has 3 rings (SSSR count). The van der Waals surface area contributed by atoms with Crippen LogP contribution in [-0.4, -0.2) is 5.78 Å². The molecule has 0 amide bonds. The summed E-state index contributed by atoms with van der Waals surface area (Å²) in [5.74, 6) is 2.54. The van der Waals surface area contributed by atoms with E-state index in [1.807, 2.05) is 12.1 Å². The smallest absolute Gasteiger partial charge is 0.158 e. The lowest BCUT2D eigenvalue weighted by molar-refractivity contribution is -0.115. The molecule has 108 valence electrons. The second kappa shape index (κ2) is 6.19. The number of halogens is 1. The van der Waals surface area contributed by atoms with Crippen molar-refractivity contribution in [2.24, 2.45) is 5.92 Å². The number of carbonyl (C=O) groups excluding carboxylic acids is 1. The fraction of sp³-hybridized carbons (Fsp3) is 0.235. The Hall–Kier alpha value is -2.00. The molecule has 1 saturated carbocycles. The quantitative estimate of drug-likeness (QED) is 0.737. The second-order valence-corrected chi connectivity index (χ2v) is 5.49. The van der Waals surface area contributed by atoms with Crippen LogP contribution >= 0.6 is 11.6 Å². The summed E-state index contributed by atoms with van der Waals surface area (Å²) in [4.78, 5) is 11.6. The molecule has 0 atom stereocenters. The van der Waals surface area contributed by atoms with Gasteiger partial charge in [0.2, 0.25) is 0 Å². The van der Waals surface area contributed by atoms with Crippen molar-refractivity contribution in [3.05, 3.63) is 59.0 Å². The number of ether oxygens (including phenoxy) is 1. The van der Waals surface area contributed by atoms with Gasteiger partial charge in [-0.25, -0.2) is 0 Å². The molecule has 0 N–H and O–H groups in total. The molecule has 2 aromatic rings. The molecule has 4 heteroatoms. The monoisotopic (exact) mass is 302 g/mol. The van der Waals surface area contributed by atoms with E-state index in [1.54, 1.807) is 36.4 Å². The highest BCUT2D eigenvalue weighted by Gasteiger charge is 2.27. The van der Waals surface area contributed by atoms with E-state index >= 15 is 0 Å². The molecule has 0 radical (unpaired) electrons. The largest absolute Gasteiger partial charge is 0.486 e. The maximum atomic E-state index is 11.6. The van der Waals surface area contributed by atoms with Crippen LogP contribution in [-0.2, 0) is 11.4 Å². The molecule has 1 aliphatic carbocycles. The van der Waals surface area contributed by atoms with Crippen LogP contribution < -0.4 is 4.74 Å². The molecule has 1 aromatic heterocycles. The first-order valence-corrected chi connectivity index (χ1v) is 7.27. The average molecular weight is 303 g/mol. The molecular weight excluding hydrogens is 288 g/mol. The van der Waals surface area contributed by atoms with Crippen molar-refractivity contribution < 1.29 is 13.9 Å². The molecule has 1 aliphatic rings. The summed E-state index contributed by atoms with van der Waals surface area (Å²) in [6.45, 7) is 0.339. The first kappa shape index (κ1) is 14.0. The molecule has 1 heterocycles. The van der Waals surface area contributed by atoms with Gasteiger partial charge in [0, 0.05) is 10.9 Å². The van der Waals surface area contributed by atoms with Gasteiger partial charge in [0.05, 0.1) is 0 Å². The molecule has 0 aliphatic heterocycles. The third kappa shape index (κ3) is 3.99. The van der Waals surface area contributed by atoms with Crippen molar-refractivity contribution in [3.8, 4) is 5.75 Å². The highest BCUT2D eigenvalue weighted by Crippen LogP contribution is 2.30. The maximum Gasteiger partial charge on any atom is 0.158 e. The topological polar surface area (TPSA) is 39.4 Å². The minimum Gasteiger partial charge on any atom is -0.486 e. The van der Waals surface area contributed by atoms with Crippen molar-refractivity contribution in [1.82, 2.24) is 0 Å². The van der Waals surface area contributed by atoms with Crippen molar-refractivity contribution >= 4 is 23.5 Å². The summed E-state index contributed by atoms with van der Waals surface area (Å²) in [5.41, 5.74) is 0. The van der Waals surface area contributed by atoms with Crippen molar-refractivity contribution in [2.75, 3.05) is 0 Å². The van der Waals surface area contributed by atoms with Gasteiger partial charge in [0.25, 0.3) is 0 Å². The molecular formula is C17H15ClO3. The van der Waals surface area contributed by atoms with E-state index in [1.165, 1.54) is 0 Å². The second-order valence-electron chi connectivity index (χ2n) is 5.06. The van der Waals surface area contributed by atoms with Crippen LogP contribution in [0, 0.1) is 5.92 Å². The van der Waals surface area contributed by atoms with Crippen LogP contribution in [0.15, 0.2) is 46.9 Å². The van der Waals surface area contributed by atoms with Crippen LogP contribution in [0.2, 0.25) is 5.02 Å². The van der Waals surface area contributed by atoms with E-state index in [0.29, 0.717) is 23.2 Å². The van der Waals surface area contributed by atoms with Crippen molar-refractivity contribution in [3.63, 3.8) is 0 Å². The molecule has 0 spiro atoms. The van der Waals surface area contributed by atoms with Crippen LogP contribution in [0.4, 0.5) is 0 Å². The van der Waals surface area contributed by atoms with Gasteiger partial charge in [-0.15, -0.1) is 0 Å². The molecule has 3 nitrogen and oxygen atoms in total. The van der Waals surface area contributed by atoms with Gasteiger partial charge in [0.15, 0.2) is 5.78 Å². The summed E-state index contributed by atoms with van der Waals surface area (Å²) < 4.78 is 11.2. The highest BCUT2D eigenvalue weighted by molar-refractivity contribution is 6.30. The van der Waals surface area contributed by atoms with E-state index in [4.69, 9.17) is 20.8 Å². The Balaban J connectivity index is 1.54. The molecule has 0 saturated heterocycles. The maximum absolute atomic E-state index is 11.6. The summed E-state index contributed by atoms with van der Waals surface area (Å²) >= 11 is 5.81. The van der Waals surface area contributed by atoms with Gasteiger partial charge in [0.1, 0.15) is 23.9 Å². The third-order valence-electron chi connectivity index (χ3n) is 3.27. The number of carbonyl (C=O) groups is 1. The zero-order valence-corrected chi connectivity index (χ0v) is 12.2. The van der Waals surface area contributed by atoms with E-state index < -0.39 is 0 Å². The SMILES string of the molecule is O=C(/C=C/c1ccc(COc2ccc(Cl)cc2)o1)C1CC1. The molecule has 0 bridgehead atoms. The van der Waals surface area contributed by atoms with Crippen molar-refractivity contribution in [2.45, 2.75) is 19.4 Å². The Bertz CT molecular complexity index is 651. The molecule has 1 fully saturated rings. The lowest BCUT2D eigenvalue weighted by Crippen LogP contribution is -1.93. The average Bonchev–Trinajstić information content (AvgIpc) is 3.24. The Morgan fingerprint density at radius 3 is 2.71 bits per heavy atom.